The van der Waals surface area contributed by atoms with Gasteiger partial charge in [0, 0.05) is 37.9 Å². The summed E-state index contributed by atoms with van der Waals surface area (Å²) in [6.07, 6.45) is 4.22. The molecule has 3 rings (SSSR count). The third kappa shape index (κ3) is 3.37. The SMILES string of the molecule is CC1(C)CCCN(c2ccc([N+](=O)[O-])c(C(=O)N3CCCC3)c2)C1. The van der Waals surface area contributed by atoms with Gasteiger partial charge in [0.15, 0.2) is 0 Å². The summed E-state index contributed by atoms with van der Waals surface area (Å²) in [6.45, 7) is 7.69. The second-order valence-corrected chi connectivity index (χ2v) is 7.65. The van der Waals surface area contributed by atoms with E-state index in [0.717, 1.165) is 38.0 Å². The van der Waals surface area contributed by atoms with Gasteiger partial charge in [-0.25, -0.2) is 0 Å². The molecular formula is C18H25N3O3. The molecule has 6 nitrogen and oxygen atoms in total. The van der Waals surface area contributed by atoms with Crippen LogP contribution in [0.5, 0.6) is 0 Å². The maximum atomic E-state index is 12.7. The van der Waals surface area contributed by atoms with E-state index >= 15 is 0 Å². The van der Waals surface area contributed by atoms with Crippen LogP contribution in [0.1, 0.15) is 49.9 Å². The third-order valence-electron chi connectivity index (χ3n) is 5.07. The molecule has 130 valence electrons. The first kappa shape index (κ1) is 16.7. The Balaban J connectivity index is 1.93. The lowest BCUT2D eigenvalue weighted by atomic mass is 9.84. The van der Waals surface area contributed by atoms with Crippen molar-refractivity contribution in [2.75, 3.05) is 31.1 Å². The summed E-state index contributed by atoms with van der Waals surface area (Å²) >= 11 is 0. The van der Waals surface area contributed by atoms with Gasteiger partial charge in [0.05, 0.1) is 4.92 Å². The largest absolute Gasteiger partial charge is 0.371 e. The predicted molar refractivity (Wildman–Crippen MR) is 93.5 cm³/mol. The molecule has 0 radical (unpaired) electrons. The number of nitrogens with zero attached hydrogens (tertiary/aromatic N) is 3. The summed E-state index contributed by atoms with van der Waals surface area (Å²) in [5, 5.41) is 11.4. The van der Waals surface area contributed by atoms with Gasteiger partial charge in [-0.3, -0.25) is 14.9 Å². The maximum absolute atomic E-state index is 12.7. The number of likely N-dealkylation sites (tertiary alicyclic amines) is 1. The average molecular weight is 331 g/mol. The van der Waals surface area contributed by atoms with Crippen molar-refractivity contribution >= 4 is 17.3 Å². The fourth-order valence-corrected chi connectivity index (χ4v) is 3.79. The van der Waals surface area contributed by atoms with E-state index in [1.54, 1.807) is 17.0 Å². The van der Waals surface area contributed by atoms with Crippen molar-refractivity contribution in [3.05, 3.63) is 33.9 Å². The van der Waals surface area contributed by atoms with Gasteiger partial charge in [-0.05, 0) is 43.2 Å². The van der Waals surface area contributed by atoms with E-state index in [9.17, 15) is 14.9 Å². The van der Waals surface area contributed by atoms with E-state index < -0.39 is 4.92 Å². The Bertz CT molecular complexity index is 651. The quantitative estimate of drug-likeness (QED) is 0.628. The number of piperidine rings is 1. The van der Waals surface area contributed by atoms with Crippen LogP contribution in [0.25, 0.3) is 0 Å². The molecule has 0 aromatic heterocycles. The Kier molecular flexibility index (Phi) is 4.47. The van der Waals surface area contributed by atoms with E-state index in [2.05, 4.69) is 18.7 Å². The van der Waals surface area contributed by atoms with Crippen molar-refractivity contribution in [1.82, 2.24) is 4.90 Å². The van der Waals surface area contributed by atoms with Crippen molar-refractivity contribution in [2.24, 2.45) is 5.41 Å². The first-order valence-corrected chi connectivity index (χ1v) is 8.70. The van der Waals surface area contributed by atoms with E-state index in [1.807, 2.05) is 0 Å². The molecule has 1 amide bonds. The minimum atomic E-state index is -0.451. The first-order valence-electron chi connectivity index (χ1n) is 8.70. The molecule has 0 spiro atoms. The number of amides is 1. The molecule has 0 atom stereocenters. The summed E-state index contributed by atoms with van der Waals surface area (Å²) in [5.41, 5.74) is 1.27. The molecule has 0 aliphatic carbocycles. The molecule has 1 aromatic rings. The fourth-order valence-electron chi connectivity index (χ4n) is 3.79. The van der Waals surface area contributed by atoms with Crippen LogP contribution in [0, 0.1) is 15.5 Å². The normalized spacial score (nSPS) is 20.2. The number of nitro groups is 1. The minimum Gasteiger partial charge on any atom is -0.371 e. The lowest BCUT2D eigenvalue weighted by molar-refractivity contribution is -0.385. The fraction of sp³-hybridized carbons (Fsp3) is 0.611. The van der Waals surface area contributed by atoms with Gasteiger partial charge in [-0.15, -0.1) is 0 Å². The van der Waals surface area contributed by atoms with E-state index in [0.29, 0.717) is 13.1 Å². The molecule has 2 fully saturated rings. The standard InChI is InChI=1S/C18H25N3O3/c1-18(2)8-5-11-20(13-18)14-6-7-16(21(23)24)15(12-14)17(22)19-9-3-4-10-19/h6-7,12H,3-5,8-11,13H2,1-2H3. The van der Waals surface area contributed by atoms with Crippen LogP contribution < -0.4 is 4.90 Å². The number of hydrogen-bond acceptors (Lipinski definition) is 4. The Morgan fingerprint density at radius 2 is 1.88 bits per heavy atom. The molecule has 0 saturated carbocycles. The maximum Gasteiger partial charge on any atom is 0.282 e. The molecule has 2 aliphatic heterocycles. The van der Waals surface area contributed by atoms with Gasteiger partial charge in [-0.2, -0.15) is 0 Å². The van der Waals surface area contributed by atoms with Crippen molar-refractivity contribution in [1.29, 1.82) is 0 Å². The molecular weight excluding hydrogens is 306 g/mol. The number of benzene rings is 1. The highest BCUT2D eigenvalue weighted by Gasteiger charge is 2.30. The van der Waals surface area contributed by atoms with Crippen LogP contribution in [0.3, 0.4) is 0 Å². The number of carbonyl (C=O) groups is 1. The van der Waals surface area contributed by atoms with Gasteiger partial charge >= 0.3 is 0 Å². The highest BCUT2D eigenvalue weighted by molar-refractivity contribution is 5.99. The molecule has 2 heterocycles. The summed E-state index contributed by atoms with van der Waals surface area (Å²) < 4.78 is 0. The molecule has 0 bridgehead atoms. The average Bonchev–Trinajstić information content (AvgIpc) is 3.07. The van der Waals surface area contributed by atoms with Gasteiger partial charge < -0.3 is 9.80 Å². The van der Waals surface area contributed by atoms with Gasteiger partial charge in [0.2, 0.25) is 0 Å². The second kappa shape index (κ2) is 6.42. The molecule has 0 unspecified atom stereocenters. The van der Waals surface area contributed by atoms with E-state index in [4.69, 9.17) is 0 Å². The summed E-state index contributed by atoms with van der Waals surface area (Å²) in [7, 11) is 0. The third-order valence-corrected chi connectivity index (χ3v) is 5.07. The lowest BCUT2D eigenvalue weighted by Crippen LogP contribution is -2.40. The Morgan fingerprint density at radius 1 is 1.17 bits per heavy atom. The molecule has 1 aromatic carbocycles. The molecule has 2 aliphatic rings. The van der Waals surface area contributed by atoms with Crippen molar-refractivity contribution < 1.29 is 9.72 Å². The molecule has 24 heavy (non-hydrogen) atoms. The van der Waals surface area contributed by atoms with Crippen molar-refractivity contribution in [2.45, 2.75) is 39.5 Å². The van der Waals surface area contributed by atoms with E-state index in [-0.39, 0.29) is 22.6 Å². The van der Waals surface area contributed by atoms with Gasteiger partial charge in [0.25, 0.3) is 11.6 Å². The number of nitro benzene ring substituents is 1. The smallest absolute Gasteiger partial charge is 0.282 e. The highest BCUT2D eigenvalue weighted by atomic mass is 16.6. The minimum absolute atomic E-state index is 0.0908. The zero-order valence-electron chi connectivity index (χ0n) is 14.5. The monoisotopic (exact) mass is 331 g/mol. The van der Waals surface area contributed by atoms with Gasteiger partial charge in [-0.1, -0.05) is 13.8 Å². The predicted octanol–water partition coefficient (Wildman–Crippen LogP) is 3.46. The van der Waals surface area contributed by atoms with Crippen LogP contribution in [0.15, 0.2) is 18.2 Å². The van der Waals surface area contributed by atoms with Crippen molar-refractivity contribution in [3.8, 4) is 0 Å². The molecule has 2 saturated heterocycles. The topological polar surface area (TPSA) is 66.7 Å². The number of rotatable bonds is 3. The highest BCUT2D eigenvalue weighted by Crippen LogP contribution is 2.34. The van der Waals surface area contributed by atoms with Gasteiger partial charge in [0.1, 0.15) is 5.56 Å². The number of anilines is 1. The van der Waals surface area contributed by atoms with E-state index in [1.165, 1.54) is 12.5 Å². The Hall–Kier alpha value is -2.11. The van der Waals surface area contributed by atoms with Crippen LogP contribution in [-0.4, -0.2) is 41.9 Å². The second-order valence-electron chi connectivity index (χ2n) is 7.65. The Labute approximate surface area is 142 Å². The summed E-state index contributed by atoms with van der Waals surface area (Å²) in [6, 6.07) is 4.99. The molecule has 6 heteroatoms. The van der Waals surface area contributed by atoms with Crippen LogP contribution in [0.4, 0.5) is 11.4 Å². The Morgan fingerprint density at radius 3 is 2.50 bits per heavy atom. The van der Waals surface area contributed by atoms with Crippen LogP contribution >= 0.6 is 0 Å². The van der Waals surface area contributed by atoms with Crippen LogP contribution in [0.2, 0.25) is 0 Å². The van der Waals surface area contributed by atoms with Crippen molar-refractivity contribution in [3.63, 3.8) is 0 Å². The summed E-state index contributed by atoms with van der Waals surface area (Å²) in [4.78, 5) is 27.6. The molecule has 0 N–H and O–H groups in total. The summed E-state index contributed by atoms with van der Waals surface area (Å²) in [5.74, 6) is -0.211. The van der Waals surface area contributed by atoms with Crippen LogP contribution in [-0.2, 0) is 0 Å². The first-order chi connectivity index (χ1) is 11.4. The number of hydrogen-bond donors (Lipinski definition) is 0. The number of carbonyl (C=O) groups excluding carboxylic acids is 1. The zero-order valence-corrected chi connectivity index (χ0v) is 14.5. The lowest BCUT2D eigenvalue weighted by Gasteiger charge is -2.39. The zero-order chi connectivity index (χ0) is 17.3.